The fourth-order valence-electron chi connectivity index (χ4n) is 4.11. The predicted molar refractivity (Wildman–Crippen MR) is 83.0 cm³/mol. The van der Waals surface area contributed by atoms with Crippen LogP contribution >= 0.6 is 0 Å². The van der Waals surface area contributed by atoms with Crippen molar-refractivity contribution in [3.05, 3.63) is 29.5 Å². The Morgan fingerprint density at radius 2 is 2.32 bits per heavy atom. The number of rotatable bonds is 2. The zero-order valence-corrected chi connectivity index (χ0v) is 13.1. The van der Waals surface area contributed by atoms with Crippen molar-refractivity contribution >= 4 is 16.8 Å². The highest BCUT2D eigenvalue weighted by atomic mass is 16.5. The van der Waals surface area contributed by atoms with Gasteiger partial charge in [-0.3, -0.25) is 4.79 Å². The molecule has 0 unspecified atom stereocenters. The molecule has 0 bridgehead atoms. The number of carbonyl (C=O) groups excluding carboxylic acids is 1. The summed E-state index contributed by atoms with van der Waals surface area (Å²) < 4.78 is 11.7. The molecule has 116 valence electrons. The van der Waals surface area contributed by atoms with Gasteiger partial charge < -0.3 is 19.4 Å². The molecule has 1 aliphatic carbocycles. The smallest absolute Gasteiger partial charge is 0.248 e. The van der Waals surface area contributed by atoms with Crippen LogP contribution in [0.2, 0.25) is 0 Å². The van der Waals surface area contributed by atoms with E-state index in [9.17, 15) is 4.79 Å². The van der Waals surface area contributed by atoms with Crippen LogP contribution in [0.15, 0.2) is 18.3 Å². The lowest BCUT2D eigenvalue weighted by atomic mass is 9.75. The van der Waals surface area contributed by atoms with E-state index in [-0.39, 0.29) is 18.6 Å². The third-order valence-corrected chi connectivity index (χ3v) is 5.19. The Kier molecular flexibility index (Phi) is 2.78. The fraction of sp³-hybridized carbons (Fsp3) is 0.471. The molecule has 2 heterocycles. The minimum atomic E-state index is -0.538. The van der Waals surface area contributed by atoms with E-state index in [0.717, 1.165) is 23.3 Å². The lowest BCUT2D eigenvalue weighted by Crippen LogP contribution is -2.60. The van der Waals surface area contributed by atoms with Crippen LogP contribution < -0.4 is 4.74 Å². The number of nitrogens with zero attached hydrogens (tertiary/aromatic N) is 1. The fourth-order valence-corrected chi connectivity index (χ4v) is 4.11. The summed E-state index contributed by atoms with van der Waals surface area (Å²) in [6.45, 7) is 4.93. The van der Waals surface area contributed by atoms with Crippen LogP contribution in [0, 0.1) is 0 Å². The molecule has 1 fully saturated rings. The lowest BCUT2D eigenvalue weighted by Gasteiger charge is -2.50. The first-order valence-corrected chi connectivity index (χ1v) is 7.71. The zero-order valence-electron chi connectivity index (χ0n) is 13.1. The van der Waals surface area contributed by atoms with Gasteiger partial charge in [-0.15, -0.1) is 0 Å². The van der Waals surface area contributed by atoms with E-state index in [0.29, 0.717) is 6.54 Å². The predicted octanol–water partition coefficient (Wildman–Crippen LogP) is 2.20. The van der Waals surface area contributed by atoms with Crippen molar-refractivity contribution in [2.24, 2.45) is 0 Å². The van der Waals surface area contributed by atoms with Gasteiger partial charge in [-0.05, 0) is 38.0 Å². The molecule has 1 N–H and O–H groups in total. The minimum Gasteiger partial charge on any atom is -0.496 e. The van der Waals surface area contributed by atoms with Gasteiger partial charge in [0.25, 0.3) is 0 Å². The Hall–Kier alpha value is -2.01. The number of morpholine rings is 1. The second-order valence-electron chi connectivity index (χ2n) is 6.17. The third-order valence-electron chi connectivity index (χ3n) is 5.19. The van der Waals surface area contributed by atoms with Crippen LogP contribution in [-0.2, 0) is 21.6 Å². The number of hydrogen-bond acceptors (Lipinski definition) is 3. The summed E-state index contributed by atoms with van der Waals surface area (Å²) in [7, 11) is 1.68. The van der Waals surface area contributed by atoms with Gasteiger partial charge in [0.05, 0.1) is 13.2 Å². The molecule has 0 saturated carbocycles. The molecule has 1 aliphatic heterocycles. The van der Waals surface area contributed by atoms with E-state index in [1.54, 1.807) is 7.11 Å². The van der Waals surface area contributed by atoms with E-state index in [1.165, 1.54) is 10.9 Å². The molecule has 4 rings (SSSR count). The topological polar surface area (TPSA) is 54.6 Å². The monoisotopic (exact) mass is 300 g/mol. The van der Waals surface area contributed by atoms with Crippen molar-refractivity contribution in [1.29, 1.82) is 0 Å². The molecule has 2 aromatic rings. The molecule has 5 nitrogen and oxygen atoms in total. The van der Waals surface area contributed by atoms with Crippen LogP contribution in [0.1, 0.15) is 25.0 Å². The normalized spacial score (nSPS) is 27.1. The largest absolute Gasteiger partial charge is 0.496 e. The molecular formula is C17H20N2O3. The number of methoxy groups -OCH3 is 1. The third kappa shape index (κ3) is 1.54. The van der Waals surface area contributed by atoms with Crippen LogP contribution in [0.25, 0.3) is 10.9 Å². The Bertz CT molecular complexity index is 767. The maximum atomic E-state index is 12.2. The zero-order chi connectivity index (χ0) is 15.5. The number of carbonyl (C=O) groups is 1. The molecule has 0 spiro atoms. The highest BCUT2D eigenvalue weighted by Gasteiger charge is 2.51. The maximum Gasteiger partial charge on any atom is 0.248 e. The van der Waals surface area contributed by atoms with Crippen molar-refractivity contribution in [1.82, 2.24) is 9.88 Å². The van der Waals surface area contributed by atoms with Crippen LogP contribution in [0.4, 0.5) is 0 Å². The molecule has 2 aliphatic rings. The molecule has 22 heavy (non-hydrogen) atoms. The molecule has 1 amide bonds. The SMILES string of the molecule is CCN1C(=O)CO[C@]2(C)c3c(OC)ccc4[nH]cc(c34)C[C@@H]12. The lowest BCUT2D eigenvalue weighted by molar-refractivity contribution is -0.177. The van der Waals surface area contributed by atoms with E-state index in [1.807, 2.05) is 30.2 Å². The van der Waals surface area contributed by atoms with Crippen molar-refractivity contribution in [2.75, 3.05) is 20.3 Å². The quantitative estimate of drug-likeness (QED) is 0.925. The first kappa shape index (κ1) is 13.6. The Labute approximate surface area is 129 Å². The van der Waals surface area contributed by atoms with Crippen molar-refractivity contribution in [3.8, 4) is 5.75 Å². The highest BCUT2D eigenvalue weighted by Crippen LogP contribution is 2.49. The summed E-state index contributed by atoms with van der Waals surface area (Å²) in [6.07, 6.45) is 2.84. The average Bonchev–Trinajstić information content (AvgIpc) is 2.93. The van der Waals surface area contributed by atoms with Gasteiger partial charge in [0.1, 0.15) is 18.0 Å². The number of amides is 1. The summed E-state index contributed by atoms with van der Waals surface area (Å²) in [6, 6.07) is 4.01. The summed E-state index contributed by atoms with van der Waals surface area (Å²) in [5.41, 5.74) is 2.84. The number of aromatic amines is 1. The number of nitrogens with one attached hydrogen (secondary N) is 1. The van der Waals surface area contributed by atoms with Crippen LogP contribution in [0.3, 0.4) is 0 Å². The van der Waals surface area contributed by atoms with Gasteiger partial charge in [-0.1, -0.05) is 0 Å². The second-order valence-corrected chi connectivity index (χ2v) is 6.17. The summed E-state index contributed by atoms with van der Waals surface area (Å²) in [4.78, 5) is 17.5. The molecule has 1 saturated heterocycles. The summed E-state index contributed by atoms with van der Waals surface area (Å²) in [5, 5.41) is 1.18. The van der Waals surface area contributed by atoms with Gasteiger partial charge in [0.15, 0.2) is 0 Å². The molecule has 0 radical (unpaired) electrons. The number of benzene rings is 1. The van der Waals surface area contributed by atoms with Gasteiger partial charge in [0, 0.05) is 29.2 Å². The number of hydrogen-bond donors (Lipinski definition) is 1. The van der Waals surface area contributed by atoms with Crippen molar-refractivity contribution in [2.45, 2.75) is 31.9 Å². The van der Waals surface area contributed by atoms with Gasteiger partial charge >= 0.3 is 0 Å². The van der Waals surface area contributed by atoms with E-state index >= 15 is 0 Å². The number of fused-ring (bicyclic) bond motifs is 2. The summed E-state index contributed by atoms with van der Waals surface area (Å²) >= 11 is 0. The standard InChI is InChI=1S/C17H20N2O3/c1-4-19-13-7-10-8-18-11-5-6-12(21-3)16(15(10)11)17(13,2)22-9-14(19)20/h5-6,8,13,18H,4,7,9H2,1-3H3/t13-,17+/m1/s1. The Balaban J connectivity index is 2.00. The Morgan fingerprint density at radius 1 is 1.50 bits per heavy atom. The van der Waals surface area contributed by atoms with Gasteiger partial charge in [-0.2, -0.15) is 0 Å². The van der Waals surface area contributed by atoms with Crippen LogP contribution in [0.5, 0.6) is 5.75 Å². The average molecular weight is 300 g/mol. The molecule has 5 heteroatoms. The van der Waals surface area contributed by atoms with Gasteiger partial charge in [-0.25, -0.2) is 0 Å². The molecule has 1 aromatic carbocycles. The molecule has 2 atom stereocenters. The van der Waals surface area contributed by atoms with Crippen molar-refractivity contribution < 1.29 is 14.3 Å². The maximum absolute atomic E-state index is 12.2. The number of ether oxygens (including phenoxy) is 2. The first-order chi connectivity index (χ1) is 10.6. The number of aromatic nitrogens is 1. The minimum absolute atomic E-state index is 0.00144. The van der Waals surface area contributed by atoms with E-state index in [4.69, 9.17) is 9.47 Å². The number of likely N-dealkylation sites (N-methyl/N-ethyl adjacent to an activating group) is 1. The van der Waals surface area contributed by atoms with E-state index < -0.39 is 5.60 Å². The van der Waals surface area contributed by atoms with Crippen LogP contribution in [-0.4, -0.2) is 42.1 Å². The van der Waals surface area contributed by atoms with Gasteiger partial charge in [0.2, 0.25) is 5.91 Å². The molecule has 1 aromatic heterocycles. The highest BCUT2D eigenvalue weighted by molar-refractivity contribution is 5.92. The Morgan fingerprint density at radius 3 is 3.05 bits per heavy atom. The molecular weight excluding hydrogens is 280 g/mol. The summed E-state index contributed by atoms with van der Waals surface area (Å²) in [5.74, 6) is 0.890. The second kappa shape index (κ2) is 4.49. The van der Waals surface area contributed by atoms with E-state index in [2.05, 4.69) is 11.9 Å². The number of H-pyrrole nitrogens is 1. The van der Waals surface area contributed by atoms with Crippen molar-refractivity contribution in [3.63, 3.8) is 0 Å². The first-order valence-electron chi connectivity index (χ1n) is 7.71.